The lowest BCUT2D eigenvalue weighted by Crippen LogP contribution is -2.32. The predicted octanol–water partition coefficient (Wildman–Crippen LogP) is 4.42. The zero-order valence-corrected chi connectivity index (χ0v) is 13.1. The highest BCUT2D eigenvalue weighted by atomic mass is 16.5. The molecular formula is C20H21NO. The van der Waals surface area contributed by atoms with Crippen molar-refractivity contribution in [1.29, 1.82) is 0 Å². The first-order valence-corrected chi connectivity index (χ1v) is 8.05. The van der Waals surface area contributed by atoms with E-state index in [0.29, 0.717) is 12.0 Å². The zero-order chi connectivity index (χ0) is 15.1. The number of fused-ring (bicyclic) bond motifs is 3. The van der Waals surface area contributed by atoms with Gasteiger partial charge < -0.3 is 9.64 Å². The standard InChI is InChI=1S/C20H21NO/c1-3-21-18(15-10-8-14(2)9-11-15)12-16-13-22-19-7-5-4-6-17(19)20(16)21/h4-12,16,20H,3,13H2,1-2H3. The Labute approximate surface area is 132 Å². The summed E-state index contributed by atoms with van der Waals surface area (Å²) in [5, 5.41) is 0. The molecule has 0 radical (unpaired) electrons. The highest BCUT2D eigenvalue weighted by molar-refractivity contribution is 5.68. The normalized spacial score (nSPS) is 22.6. The lowest BCUT2D eigenvalue weighted by molar-refractivity contribution is 0.169. The summed E-state index contributed by atoms with van der Waals surface area (Å²) in [7, 11) is 0. The molecule has 0 bridgehead atoms. The summed E-state index contributed by atoms with van der Waals surface area (Å²) in [4.78, 5) is 2.52. The van der Waals surface area contributed by atoms with Crippen LogP contribution in [0.15, 0.2) is 54.6 Å². The van der Waals surface area contributed by atoms with E-state index in [1.54, 1.807) is 0 Å². The Morgan fingerprint density at radius 1 is 1.09 bits per heavy atom. The minimum atomic E-state index is 0.409. The highest BCUT2D eigenvalue weighted by Crippen LogP contribution is 2.47. The van der Waals surface area contributed by atoms with Gasteiger partial charge in [-0.1, -0.05) is 54.1 Å². The van der Waals surface area contributed by atoms with Crippen molar-refractivity contribution >= 4 is 5.70 Å². The molecule has 2 heterocycles. The lowest BCUT2D eigenvalue weighted by Gasteiger charge is -2.36. The summed E-state index contributed by atoms with van der Waals surface area (Å²) >= 11 is 0. The van der Waals surface area contributed by atoms with E-state index in [0.717, 1.165) is 18.9 Å². The molecule has 0 aliphatic carbocycles. The van der Waals surface area contributed by atoms with Gasteiger partial charge in [-0.3, -0.25) is 0 Å². The molecule has 2 nitrogen and oxygen atoms in total. The Kier molecular flexibility index (Phi) is 3.18. The third-order valence-corrected chi connectivity index (χ3v) is 4.78. The quantitative estimate of drug-likeness (QED) is 0.812. The largest absolute Gasteiger partial charge is 0.493 e. The van der Waals surface area contributed by atoms with E-state index < -0.39 is 0 Å². The Morgan fingerprint density at radius 3 is 2.64 bits per heavy atom. The molecule has 2 aromatic carbocycles. The van der Waals surface area contributed by atoms with Crippen LogP contribution < -0.4 is 4.74 Å². The van der Waals surface area contributed by atoms with Gasteiger partial charge in [-0.2, -0.15) is 0 Å². The molecule has 0 saturated carbocycles. The minimum absolute atomic E-state index is 0.409. The molecule has 22 heavy (non-hydrogen) atoms. The number of benzene rings is 2. The molecule has 112 valence electrons. The van der Waals surface area contributed by atoms with E-state index in [1.807, 2.05) is 0 Å². The first-order chi connectivity index (χ1) is 10.8. The van der Waals surface area contributed by atoms with E-state index >= 15 is 0 Å². The van der Waals surface area contributed by atoms with Crippen molar-refractivity contribution in [3.63, 3.8) is 0 Å². The van der Waals surface area contributed by atoms with Crippen LogP contribution in [0.3, 0.4) is 0 Å². The topological polar surface area (TPSA) is 12.5 Å². The molecule has 2 aromatic rings. The van der Waals surface area contributed by atoms with E-state index in [1.165, 1.54) is 22.4 Å². The van der Waals surface area contributed by atoms with Gasteiger partial charge in [0.1, 0.15) is 5.75 Å². The van der Waals surface area contributed by atoms with Crippen LogP contribution in [0.4, 0.5) is 0 Å². The Hall–Kier alpha value is -2.22. The van der Waals surface area contributed by atoms with Crippen LogP contribution >= 0.6 is 0 Å². The molecular weight excluding hydrogens is 270 g/mol. The molecule has 2 aliphatic rings. The lowest BCUT2D eigenvalue weighted by atomic mass is 9.92. The number of aryl methyl sites for hydroxylation is 1. The van der Waals surface area contributed by atoms with Crippen molar-refractivity contribution in [1.82, 2.24) is 4.90 Å². The minimum Gasteiger partial charge on any atom is -0.493 e. The van der Waals surface area contributed by atoms with Gasteiger partial charge in [0.2, 0.25) is 0 Å². The van der Waals surface area contributed by atoms with Crippen molar-refractivity contribution in [3.05, 3.63) is 71.3 Å². The molecule has 2 atom stereocenters. The third kappa shape index (κ3) is 2.02. The summed E-state index contributed by atoms with van der Waals surface area (Å²) in [6.45, 7) is 6.15. The molecule has 0 saturated heterocycles. The summed E-state index contributed by atoms with van der Waals surface area (Å²) < 4.78 is 5.96. The fourth-order valence-corrected chi connectivity index (χ4v) is 3.70. The van der Waals surface area contributed by atoms with Crippen LogP contribution in [0.5, 0.6) is 5.75 Å². The Balaban J connectivity index is 1.76. The molecule has 0 amide bonds. The van der Waals surface area contributed by atoms with E-state index in [2.05, 4.69) is 73.4 Å². The molecule has 2 heteroatoms. The van der Waals surface area contributed by atoms with Crippen molar-refractivity contribution in [2.24, 2.45) is 5.92 Å². The Morgan fingerprint density at radius 2 is 1.86 bits per heavy atom. The second kappa shape index (κ2) is 5.20. The third-order valence-electron chi connectivity index (χ3n) is 4.78. The first-order valence-electron chi connectivity index (χ1n) is 8.05. The van der Waals surface area contributed by atoms with Crippen molar-refractivity contribution in [2.75, 3.05) is 13.2 Å². The van der Waals surface area contributed by atoms with Gasteiger partial charge in [-0.05, 0) is 25.5 Å². The molecule has 0 fully saturated rings. The molecule has 0 aromatic heterocycles. The Bertz CT molecular complexity index is 717. The SMILES string of the molecule is CCN1C(c2ccc(C)cc2)=CC2COc3ccccc3C21. The number of rotatable bonds is 2. The highest BCUT2D eigenvalue weighted by Gasteiger charge is 2.39. The summed E-state index contributed by atoms with van der Waals surface area (Å²) in [5.74, 6) is 1.48. The van der Waals surface area contributed by atoms with Gasteiger partial charge in [0.05, 0.1) is 12.6 Å². The number of hydrogen-bond acceptors (Lipinski definition) is 2. The van der Waals surface area contributed by atoms with Crippen LogP contribution in [0.2, 0.25) is 0 Å². The fraction of sp³-hybridized carbons (Fsp3) is 0.300. The van der Waals surface area contributed by atoms with Crippen LogP contribution in [0.25, 0.3) is 5.70 Å². The maximum atomic E-state index is 5.96. The van der Waals surface area contributed by atoms with Crippen LogP contribution in [0.1, 0.15) is 29.7 Å². The van der Waals surface area contributed by atoms with Crippen LogP contribution in [-0.4, -0.2) is 18.1 Å². The maximum absolute atomic E-state index is 5.96. The number of nitrogens with zero attached hydrogens (tertiary/aromatic N) is 1. The summed E-state index contributed by atoms with van der Waals surface area (Å²) in [6, 6.07) is 17.7. The smallest absolute Gasteiger partial charge is 0.124 e. The fourth-order valence-electron chi connectivity index (χ4n) is 3.70. The maximum Gasteiger partial charge on any atom is 0.124 e. The number of ether oxygens (including phenoxy) is 1. The van der Waals surface area contributed by atoms with E-state index in [4.69, 9.17) is 4.74 Å². The van der Waals surface area contributed by atoms with Crippen LogP contribution in [-0.2, 0) is 0 Å². The van der Waals surface area contributed by atoms with E-state index in [9.17, 15) is 0 Å². The predicted molar refractivity (Wildman–Crippen MR) is 89.7 cm³/mol. The zero-order valence-electron chi connectivity index (χ0n) is 13.1. The number of para-hydroxylation sites is 1. The van der Waals surface area contributed by atoms with Gasteiger partial charge in [-0.25, -0.2) is 0 Å². The van der Waals surface area contributed by atoms with Gasteiger partial charge in [0, 0.05) is 23.7 Å². The van der Waals surface area contributed by atoms with Crippen molar-refractivity contribution in [2.45, 2.75) is 19.9 Å². The molecule has 2 unspecified atom stereocenters. The number of hydrogen-bond donors (Lipinski definition) is 0. The van der Waals surface area contributed by atoms with Gasteiger partial charge in [0.25, 0.3) is 0 Å². The molecule has 0 N–H and O–H groups in total. The van der Waals surface area contributed by atoms with Crippen LogP contribution in [0, 0.1) is 12.8 Å². The second-order valence-corrected chi connectivity index (χ2v) is 6.16. The molecule has 4 rings (SSSR count). The summed E-state index contributed by atoms with van der Waals surface area (Å²) in [5.41, 5.74) is 5.27. The second-order valence-electron chi connectivity index (χ2n) is 6.16. The first kappa shape index (κ1) is 13.4. The average Bonchev–Trinajstić information content (AvgIpc) is 2.94. The van der Waals surface area contributed by atoms with Crippen molar-refractivity contribution in [3.8, 4) is 5.75 Å². The molecule has 0 spiro atoms. The van der Waals surface area contributed by atoms with Crippen molar-refractivity contribution < 1.29 is 4.74 Å². The average molecular weight is 291 g/mol. The summed E-state index contributed by atoms with van der Waals surface area (Å²) in [6.07, 6.45) is 2.40. The van der Waals surface area contributed by atoms with Gasteiger partial charge in [0.15, 0.2) is 0 Å². The molecule has 2 aliphatic heterocycles. The van der Waals surface area contributed by atoms with Gasteiger partial charge in [-0.15, -0.1) is 0 Å². The van der Waals surface area contributed by atoms with E-state index in [-0.39, 0.29) is 0 Å². The monoisotopic (exact) mass is 291 g/mol. The van der Waals surface area contributed by atoms with Gasteiger partial charge >= 0.3 is 0 Å².